The van der Waals surface area contributed by atoms with Crippen molar-refractivity contribution in [3.05, 3.63) is 35.6 Å². The molecule has 15 heavy (non-hydrogen) atoms. The van der Waals surface area contributed by atoms with E-state index in [0.717, 1.165) is 0 Å². The molecule has 0 spiro atoms. The molecular formula is C12H11FO2. The quantitative estimate of drug-likeness (QED) is 0.660. The summed E-state index contributed by atoms with van der Waals surface area (Å²) in [7, 11) is 0. The molecular weight excluding hydrogens is 195 g/mol. The Morgan fingerprint density at radius 3 is 2.60 bits per heavy atom. The second-order valence-electron chi connectivity index (χ2n) is 3.79. The minimum Gasteiger partial charge on any atom is -0.299 e. The number of hydrogen-bond acceptors (Lipinski definition) is 2. The summed E-state index contributed by atoms with van der Waals surface area (Å²) in [5, 5.41) is 0. The fraction of sp³-hybridized carbons (Fsp3) is 0.333. The van der Waals surface area contributed by atoms with Crippen molar-refractivity contribution in [3.8, 4) is 0 Å². The molecule has 1 saturated carbocycles. The molecule has 2 nitrogen and oxygen atoms in total. The first-order valence-corrected chi connectivity index (χ1v) is 4.97. The van der Waals surface area contributed by atoms with Crippen LogP contribution in [0.3, 0.4) is 0 Å². The van der Waals surface area contributed by atoms with E-state index in [1.807, 2.05) is 0 Å². The summed E-state index contributed by atoms with van der Waals surface area (Å²) in [6.45, 7) is 0. The minimum atomic E-state index is -0.427. The number of ketones is 2. The zero-order valence-corrected chi connectivity index (χ0v) is 8.20. The van der Waals surface area contributed by atoms with Gasteiger partial charge in [0, 0.05) is 12.3 Å². The Balaban J connectivity index is 2.28. The summed E-state index contributed by atoms with van der Waals surface area (Å²) in [6.07, 6.45) is 0.780. The molecule has 1 unspecified atom stereocenters. The number of carbonyl (C=O) groups is 2. The van der Waals surface area contributed by atoms with Crippen LogP contribution in [0.5, 0.6) is 0 Å². The first-order chi connectivity index (χ1) is 7.18. The lowest BCUT2D eigenvalue weighted by atomic mass is 9.82. The second kappa shape index (κ2) is 3.93. The van der Waals surface area contributed by atoms with Gasteiger partial charge in [-0.1, -0.05) is 18.2 Å². The normalized spacial score (nSPS) is 21.8. The standard InChI is InChI=1S/C12H11FO2/c13-11-4-2-1-3-9(11)10-6-5-8(14)7-12(10)15/h1-4,10H,5-7H2. The Morgan fingerprint density at radius 2 is 1.93 bits per heavy atom. The lowest BCUT2D eigenvalue weighted by molar-refractivity contribution is -0.130. The maximum absolute atomic E-state index is 13.4. The predicted molar refractivity (Wildman–Crippen MR) is 53.0 cm³/mol. The zero-order valence-electron chi connectivity index (χ0n) is 8.20. The van der Waals surface area contributed by atoms with Gasteiger partial charge in [0.2, 0.25) is 0 Å². The summed E-state index contributed by atoms with van der Waals surface area (Å²) in [5.74, 6) is -0.974. The average Bonchev–Trinajstić information content (AvgIpc) is 2.20. The highest BCUT2D eigenvalue weighted by molar-refractivity contribution is 6.04. The number of rotatable bonds is 1. The van der Waals surface area contributed by atoms with Gasteiger partial charge in [-0.15, -0.1) is 0 Å². The van der Waals surface area contributed by atoms with Gasteiger partial charge in [0.15, 0.2) is 0 Å². The van der Waals surface area contributed by atoms with Gasteiger partial charge >= 0.3 is 0 Å². The third kappa shape index (κ3) is 1.96. The van der Waals surface area contributed by atoms with Crippen LogP contribution in [0.25, 0.3) is 0 Å². The number of carbonyl (C=O) groups excluding carboxylic acids is 2. The summed E-state index contributed by atoms with van der Waals surface area (Å²) < 4.78 is 13.4. The van der Waals surface area contributed by atoms with Crippen LogP contribution in [0.15, 0.2) is 24.3 Å². The van der Waals surface area contributed by atoms with Crippen molar-refractivity contribution in [1.82, 2.24) is 0 Å². The first kappa shape index (κ1) is 10.0. The van der Waals surface area contributed by atoms with Gasteiger partial charge in [0.05, 0.1) is 6.42 Å². The van der Waals surface area contributed by atoms with Crippen LogP contribution < -0.4 is 0 Å². The Morgan fingerprint density at radius 1 is 1.20 bits per heavy atom. The van der Waals surface area contributed by atoms with Crippen molar-refractivity contribution in [2.45, 2.75) is 25.2 Å². The van der Waals surface area contributed by atoms with Crippen LogP contribution >= 0.6 is 0 Å². The van der Waals surface area contributed by atoms with E-state index >= 15 is 0 Å². The van der Waals surface area contributed by atoms with E-state index in [-0.39, 0.29) is 23.8 Å². The van der Waals surface area contributed by atoms with Crippen molar-refractivity contribution < 1.29 is 14.0 Å². The van der Waals surface area contributed by atoms with Crippen LogP contribution in [-0.2, 0) is 9.59 Å². The van der Waals surface area contributed by atoms with Crippen molar-refractivity contribution in [2.24, 2.45) is 0 Å². The van der Waals surface area contributed by atoms with Crippen LogP contribution in [0.4, 0.5) is 4.39 Å². The Labute approximate surface area is 87.1 Å². The minimum absolute atomic E-state index is 0.0346. The zero-order chi connectivity index (χ0) is 10.8. The maximum atomic E-state index is 13.4. The Kier molecular flexibility index (Phi) is 2.62. The second-order valence-corrected chi connectivity index (χ2v) is 3.79. The third-order valence-corrected chi connectivity index (χ3v) is 2.75. The molecule has 1 atom stereocenters. The molecule has 0 N–H and O–H groups in total. The van der Waals surface area contributed by atoms with Crippen LogP contribution in [0.2, 0.25) is 0 Å². The SMILES string of the molecule is O=C1CCC(c2ccccc2F)C(=O)C1. The van der Waals surface area contributed by atoms with E-state index in [4.69, 9.17) is 0 Å². The van der Waals surface area contributed by atoms with Crippen molar-refractivity contribution in [3.63, 3.8) is 0 Å². The topological polar surface area (TPSA) is 34.1 Å². The van der Waals surface area contributed by atoms with Gasteiger partial charge < -0.3 is 0 Å². The van der Waals surface area contributed by atoms with Gasteiger partial charge in [-0.3, -0.25) is 9.59 Å². The number of hydrogen-bond donors (Lipinski definition) is 0. The van der Waals surface area contributed by atoms with Gasteiger partial charge in [0.25, 0.3) is 0 Å². The number of Topliss-reactive ketones (excluding diaryl/α,β-unsaturated/α-hetero) is 2. The highest BCUT2D eigenvalue weighted by atomic mass is 19.1. The maximum Gasteiger partial charge on any atom is 0.147 e. The molecule has 78 valence electrons. The molecule has 0 heterocycles. The molecule has 0 radical (unpaired) electrons. The molecule has 1 fully saturated rings. The summed E-state index contributed by atoms with van der Waals surface area (Å²) in [5.41, 5.74) is 0.426. The molecule has 0 aliphatic heterocycles. The van der Waals surface area contributed by atoms with Gasteiger partial charge in [0.1, 0.15) is 17.4 Å². The molecule has 0 aromatic heterocycles. The van der Waals surface area contributed by atoms with E-state index in [1.54, 1.807) is 18.2 Å². The molecule has 1 aromatic rings. The van der Waals surface area contributed by atoms with E-state index in [1.165, 1.54) is 6.07 Å². The fourth-order valence-electron chi connectivity index (χ4n) is 1.96. The fourth-order valence-corrected chi connectivity index (χ4v) is 1.96. The lowest BCUT2D eigenvalue weighted by Gasteiger charge is -2.20. The van der Waals surface area contributed by atoms with Gasteiger partial charge in [-0.2, -0.15) is 0 Å². The molecule has 0 saturated heterocycles. The average molecular weight is 206 g/mol. The smallest absolute Gasteiger partial charge is 0.147 e. The molecule has 0 bridgehead atoms. The van der Waals surface area contributed by atoms with Crippen molar-refractivity contribution >= 4 is 11.6 Å². The van der Waals surface area contributed by atoms with E-state index in [9.17, 15) is 14.0 Å². The van der Waals surface area contributed by atoms with Gasteiger partial charge in [-0.05, 0) is 18.1 Å². The van der Waals surface area contributed by atoms with Crippen molar-refractivity contribution in [2.75, 3.05) is 0 Å². The van der Waals surface area contributed by atoms with Gasteiger partial charge in [-0.25, -0.2) is 4.39 Å². The highest BCUT2D eigenvalue weighted by Gasteiger charge is 2.29. The lowest BCUT2D eigenvalue weighted by Crippen LogP contribution is -2.23. The molecule has 1 aromatic carbocycles. The van der Waals surface area contributed by atoms with E-state index in [2.05, 4.69) is 0 Å². The highest BCUT2D eigenvalue weighted by Crippen LogP contribution is 2.29. The largest absolute Gasteiger partial charge is 0.299 e. The van der Waals surface area contributed by atoms with Crippen molar-refractivity contribution in [1.29, 1.82) is 0 Å². The summed E-state index contributed by atoms with van der Waals surface area (Å²) in [6, 6.07) is 6.27. The molecule has 1 aliphatic carbocycles. The number of benzene rings is 1. The monoisotopic (exact) mass is 206 g/mol. The van der Waals surface area contributed by atoms with Crippen LogP contribution in [0, 0.1) is 5.82 Å². The van der Waals surface area contributed by atoms with E-state index in [0.29, 0.717) is 18.4 Å². The van der Waals surface area contributed by atoms with Crippen LogP contribution in [0.1, 0.15) is 30.7 Å². The number of halogens is 1. The molecule has 2 rings (SSSR count). The molecule has 3 heteroatoms. The Hall–Kier alpha value is -1.51. The molecule has 1 aliphatic rings. The first-order valence-electron chi connectivity index (χ1n) is 4.97. The predicted octanol–water partition coefficient (Wildman–Crippen LogP) is 2.23. The van der Waals surface area contributed by atoms with Crippen LogP contribution in [-0.4, -0.2) is 11.6 Å². The summed E-state index contributed by atoms with van der Waals surface area (Å²) >= 11 is 0. The molecule has 0 amide bonds. The Bertz CT molecular complexity index is 412. The third-order valence-electron chi connectivity index (χ3n) is 2.75. The summed E-state index contributed by atoms with van der Waals surface area (Å²) in [4.78, 5) is 22.6. The van der Waals surface area contributed by atoms with E-state index < -0.39 is 5.92 Å².